The van der Waals surface area contributed by atoms with Gasteiger partial charge in [-0.05, 0) is 18.6 Å². The minimum absolute atomic E-state index is 0.324. The van der Waals surface area contributed by atoms with Crippen molar-refractivity contribution in [2.24, 2.45) is 0 Å². The number of esters is 1. The van der Waals surface area contributed by atoms with Crippen LogP contribution in [0.2, 0.25) is 0 Å². The van der Waals surface area contributed by atoms with Crippen LogP contribution in [0.1, 0.15) is 37.0 Å². The van der Waals surface area contributed by atoms with Gasteiger partial charge in [0.25, 0.3) is 11.8 Å². The van der Waals surface area contributed by atoms with Crippen LogP contribution in [0.3, 0.4) is 0 Å². The van der Waals surface area contributed by atoms with Crippen LogP contribution in [0, 0.1) is 0 Å². The summed E-state index contributed by atoms with van der Waals surface area (Å²) in [5, 5.41) is 0. The minimum atomic E-state index is -0.541. The lowest BCUT2D eigenvalue weighted by atomic mass is 10.2. The second kappa shape index (κ2) is 8.09. The molecule has 5 heteroatoms. The van der Waals surface area contributed by atoms with E-state index in [9.17, 15) is 14.4 Å². The zero-order valence-corrected chi connectivity index (χ0v) is 11.8. The maximum Gasteiger partial charge on any atom is 0.303 e. The van der Waals surface area contributed by atoms with Crippen molar-refractivity contribution >= 4 is 17.8 Å². The molecular weight excluding hydrogens is 258 g/mol. The van der Waals surface area contributed by atoms with E-state index in [1.54, 1.807) is 30.3 Å². The Morgan fingerprint density at radius 1 is 1.15 bits per heavy atom. The van der Waals surface area contributed by atoms with Crippen molar-refractivity contribution in [3.05, 3.63) is 35.9 Å². The number of carbonyl (C=O) groups is 3. The molecule has 0 bridgehead atoms. The molecule has 0 spiro atoms. The Labute approximate surface area is 118 Å². The highest BCUT2D eigenvalue weighted by molar-refractivity contribution is 6.05. The highest BCUT2D eigenvalue weighted by Gasteiger charge is 2.22. The molecule has 20 heavy (non-hydrogen) atoms. The average molecular weight is 277 g/mol. The molecule has 1 rings (SSSR count). The number of benzene rings is 1. The summed E-state index contributed by atoms with van der Waals surface area (Å²) < 4.78 is 4.67. The lowest BCUT2D eigenvalue weighted by Gasteiger charge is -2.20. The van der Waals surface area contributed by atoms with Crippen molar-refractivity contribution in [3.8, 4) is 0 Å². The van der Waals surface area contributed by atoms with Gasteiger partial charge in [0, 0.05) is 19.0 Å². The third kappa shape index (κ3) is 4.84. The predicted molar refractivity (Wildman–Crippen MR) is 74.0 cm³/mol. The molecule has 0 fully saturated rings. The number of imide groups is 1. The molecule has 1 aromatic rings. The molecule has 1 aromatic carbocycles. The Bertz CT molecular complexity index is 470. The molecule has 0 saturated heterocycles. The first-order chi connectivity index (χ1) is 9.56. The van der Waals surface area contributed by atoms with Crippen molar-refractivity contribution in [2.75, 3.05) is 13.2 Å². The molecule has 0 aliphatic rings. The monoisotopic (exact) mass is 277 g/mol. The van der Waals surface area contributed by atoms with Gasteiger partial charge in [0.05, 0.1) is 0 Å². The van der Waals surface area contributed by atoms with Gasteiger partial charge in [0.15, 0.2) is 6.61 Å². The summed E-state index contributed by atoms with van der Waals surface area (Å²) in [7, 11) is 0. The van der Waals surface area contributed by atoms with Crippen LogP contribution >= 0.6 is 0 Å². The number of hydrogen-bond acceptors (Lipinski definition) is 4. The van der Waals surface area contributed by atoms with Crippen molar-refractivity contribution in [1.82, 2.24) is 4.90 Å². The fourth-order valence-corrected chi connectivity index (χ4v) is 1.63. The Morgan fingerprint density at radius 2 is 1.80 bits per heavy atom. The molecule has 0 aliphatic carbocycles. The standard InChI is InChI=1S/C15H19NO4/c1-3-4-10-16(14(18)11-20-12(2)17)15(19)13-8-6-5-7-9-13/h5-9H,3-4,10-11H2,1-2H3. The van der Waals surface area contributed by atoms with E-state index in [4.69, 9.17) is 0 Å². The van der Waals surface area contributed by atoms with Gasteiger partial charge in [-0.2, -0.15) is 0 Å². The molecule has 0 aliphatic heterocycles. The topological polar surface area (TPSA) is 63.7 Å². The summed E-state index contributed by atoms with van der Waals surface area (Å²) in [5.74, 6) is -1.40. The van der Waals surface area contributed by atoms with Gasteiger partial charge < -0.3 is 4.74 Å². The third-order valence-corrected chi connectivity index (χ3v) is 2.70. The SMILES string of the molecule is CCCCN(C(=O)COC(C)=O)C(=O)c1ccccc1. The number of nitrogens with zero attached hydrogens (tertiary/aromatic N) is 1. The smallest absolute Gasteiger partial charge is 0.303 e. The minimum Gasteiger partial charge on any atom is -0.456 e. The van der Waals surface area contributed by atoms with Gasteiger partial charge in [-0.25, -0.2) is 0 Å². The van der Waals surface area contributed by atoms with E-state index in [-0.39, 0.29) is 5.91 Å². The van der Waals surface area contributed by atoms with E-state index >= 15 is 0 Å². The molecule has 108 valence electrons. The van der Waals surface area contributed by atoms with Crippen molar-refractivity contribution in [2.45, 2.75) is 26.7 Å². The molecule has 0 radical (unpaired) electrons. The van der Waals surface area contributed by atoms with Crippen LogP contribution in [0.5, 0.6) is 0 Å². The van der Waals surface area contributed by atoms with E-state index in [2.05, 4.69) is 4.74 Å². The summed E-state index contributed by atoms with van der Waals surface area (Å²) in [6, 6.07) is 8.58. The number of hydrogen-bond donors (Lipinski definition) is 0. The lowest BCUT2D eigenvalue weighted by Crippen LogP contribution is -2.40. The quantitative estimate of drug-likeness (QED) is 0.746. The van der Waals surface area contributed by atoms with Gasteiger partial charge in [-0.15, -0.1) is 0 Å². The Kier molecular flexibility index (Phi) is 6.43. The number of unbranched alkanes of at least 4 members (excludes halogenated alkanes) is 1. The van der Waals surface area contributed by atoms with E-state index in [1.165, 1.54) is 6.92 Å². The van der Waals surface area contributed by atoms with Crippen LogP contribution < -0.4 is 0 Å². The first kappa shape index (κ1) is 15.9. The fourth-order valence-electron chi connectivity index (χ4n) is 1.63. The summed E-state index contributed by atoms with van der Waals surface area (Å²) in [6.45, 7) is 3.12. The van der Waals surface area contributed by atoms with E-state index in [0.29, 0.717) is 18.5 Å². The van der Waals surface area contributed by atoms with Crippen molar-refractivity contribution in [1.29, 1.82) is 0 Å². The summed E-state index contributed by atoms with van der Waals surface area (Å²) in [5.41, 5.74) is 0.444. The summed E-state index contributed by atoms with van der Waals surface area (Å²) in [6.07, 6.45) is 1.57. The van der Waals surface area contributed by atoms with Gasteiger partial charge >= 0.3 is 5.97 Å². The van der Waals surface area contributed by atoms with E-state index in [1.807, 2.05) is 6.92 Å². The van der Waals surface area contributed by atoms with E-state index < -0.39 is 18.5 Å². The first-order valence-corrected chi connectivity index (χ1v) is 6.59. The number of ether oxygens (including phenoxy) is 1. The molecule has 5 nitrogen and oxygen atoms in total. The van der Waals surface area contributed by atoms with Gasteiger partial charge in [-0.1, -0.05) is 31.5 Å². The van der Waals surface area contributed by atoms with Crippen LogP contribution in [-0.4, -0.2) is 35.8 Å². The Hall–Kier alpha value is -2.17. The zero-order valence-electron chi connectivity index (χ0n) is 11.8. The maximum atomic E-state index is 12.3. The third-order valence-electron chi connectivity index (χ3n) is 2.70. The molecule has 0 saturated carbocycles. The van der Waals surface area contributed by atoms with Crippen LogP contribution in [0.15, 0.2) is 30.3 Å². The highest BCUT2D eigenvalue weighted by atomic mass is 16.5. The largest absolute Gasteiger partial charge is 0.456 e. The van der Waals surface area contributed by atoms with Gasteiger partial charge in [-0.3, -0.25) is 19.3 Å². The summed E-state index contributed by atoms with van der Waals surface area (Å²) in [4.78, 5) is 36.2. The van der Waals surface area contributed by atoms with Gasteiger partial charge in [0.1, 0.15) is 0 Å². The highest BCUT2D eigenvalue weighted by Crippen LogP contribution is 2.07. The number of amides is 2. The summed E-state index contributed by atoms with van der Waals surface area (Å²) >= 11 is 0. The molecule has 0 atom stereocenters. The Morgan fingerprint density at radius 3 is 2.35 bits per heavy atom. The molecule has 0 heterocycles. The van der Waals surface area contributed by atoms with Crippen molar-refractivity contribution in [3.63, 3.8) is 0 Å². The molecule has 0 N–H and O–H groups in total. The predicted octanol–water partition coefficient (Wildman–Crippen LogP) is 2.02. The zero-order chi connectivity index (χ0) is 15.0. The maximum absolute atomic E-state index is 12.3. The molecule has 0 unspecified atom stereocenters. The molecule has 0 aromatic heterocycles. The average Bonchev–Trinajstić information content (AvgIpc) is 2.46. The number of rotatable bonds is 6. The number of carbonyl (C=O) groups excluding carboxylic acids is 3. The van der Waals surface area contributed by atoms with Crippen LogP contribution in [0.25, 0.3) is 0 Å². The second-order valence-electron chi connectivity index (χ2n) is 4.35. The van der Waals surface area contributed by atoms with Crippen LogP contribution in [-0.2, 0) is 14.3 Å². The normalized spacial score (nSPS) is 9.90. The van der Waals surface area contributed by atoms with Gasteiger partial charge in [0.2, 0.25) is 0 Å². The Balaban J connectivity index is 2.80. The fraction of sp³-hybridized carbons (Fsp3) is 0.400. The lowest BCUT2D eigenvalue weighted by molar-refractivity contribution is -0.149. The second-order valence-corrected chi connectivity index (χ2v) is 4.35. The van der Waals surface area contributed by atoms with E-state index in [0.717, 1.165) is 11.3 Å². The molecule has 2 amide bonds. The van der Waals surface area contributed by atoms with Crippen molar-refractivity contribution < 1.29 is 19.1 Å². The molecular formula is C15H19NO4. The first-order valence-electron chi connectivity index (χ1n) is 6.59. The van der Waals surface area contributed by atoms with Crippen LogP contribution in [0.4, 0.5) is 0 Å².